The SMILES string of the molecule is OCC1CCCC1Nc1nc2ccc(Cl)cn2n1. The Morgan fingerprint density at radius 1 is 1.44 bits per heavy atom. The lowest BCUT2D eigenvalue weighted by Crippen LogP contribution is -2.26. The van der Waals surface area contributed by atoms with E-state index in [4.69, 9.17) is 11.6 Å². The van der Waals surface area contributed by atoms with Crippen LogP contribution < -0.4 is 5.32 Å². The Morgan fingerprint density at radius 3 is 3.17 bits per heavy atom. The topological polar surface area (TPSA) is 62.5 Å². The van der Waals surface area contributed by atoms with Crippen LogP contribution in [0.5, 0.6) is 0 Å². The Hall–Kier alpha value is -1.33. The normalized spacial score (nSPS) is 23.7. The van der Waals surface area contributed by atoms with Gasteiger partial charge in [-0.25, -0.2) is 4.52 Å². The van der Waals surface area contributed by atoms with Crippen molar-refractivity contribution in [3.05, 3.63) is 23.4 Å². The number of nitrogens with one attached hydrogen (secondary N) is 1. The fourth-order valence-electron chi connectivity index (χ4n) is 2.53. The summed E-state index contributed by atoms with van der Waals surface area (Å²) in [5, 5.41) is 17.6. The highest BCUT2D eigenvalue weighted by molar-refractivity contribution is 6.30. The standard InChI is InChI=1S/C12H15ClN4O/c13-9-4-5-11-15-12(16-17(11)6-9)14-10-3-1-2-8(10)7-18/h4-6,8,10,18H,1-3,7H2,(H,14,16). The van der Waals surface area contributed by atoms with E-state index in [1.807, 2.05) is 6.07 Å². The molecule has 1 fully saturated rings. The van der Waals surface area contributed by atoms with Gasteiger partial charge in [-0.1, -0.05) is 18.0 Å². The Bertz CT molecular complexity index is 556. The minimum Gasteiger partial charge on any atom is -0.396 e. The quantitative estimate of drug-likeness (QED) is 0.891. The molecule has 5 nitrogen and oxygen atoms in total. The number of aromatic nitrogens is 3. The van der Waals surface area contributed by atoms with Crippen molar-refractivity contribution in [2.45, 2.75) is 25.3 Å². The van der Waals surface area contributed by atoms with Crippen molar-refractivity contribution in [1.82, 2.24) is 14.6 Å². The summed E-state index contributed by atoms with van der Waals surface area (Å²) >= 11 is 5.90. The molecule has 1 saturated carbocycles. The Morgan fingerprint density at radius 2 is 2.33 bits per heavy atom. The lowest BCUT2D eigenvalue weighted by Gasteiger charge is -2.17. The number of hydrogen-bond donors (Lipinski definition) is 2. The molecular weight excluding hydrogens is 252 g/mol. The minimum atomic E-state index is 0.219. The van der Waals surface area contributed by atoms with Crippen LogP contribution in [0.2, 0.25) is 5.02 Å². The maximum absolute atomic E-state index is 9.29. The van der Waals surface area contributed by atoms with Gasteiger partial charge in [-0.15, -0.1) is 5.10 Å². The number of anilines is 1. The minimum absolute atomic E-state index is 0.219. The molecule has 1 aliphatic carbocycles. The van der Waals surface area contributed by atoms with E-state index in [-0.39, 0.29) is 12.6 Å². The highest BCUT2D eigenvalue weighted by atomic mass is 35.5. The number of hydrogen-bond acceptors (Lipinski definition) is 4. The Kier molecular flexibility index (Phi) is 3.09. The fraction of sp³-hybridized carbons (Fsp3) is 0.500. The van der Waals surface area contributed by atoms with E-state index < -0.39 is 0 Å². The second-order valence-corrected chi connectivity index (χ2v) is 5.15. The van der Waals surface area contributed by atoms with E-state index >= 15 is 0 Å². The van der Waals surface area contributed by atoms with Crippen molar-refractivity contribution in [1.29, 1.82) is 0 Å². The molecule has 2 atom stereocenters. The number of fused-ring (bicyclic) bond motifs is 1. The molecule has 0 aromatic carbocycles. The van der Waals surface area contributed by atoms with Crippen LogP contribution in [0.3, 0.4) is 0 Å². The largest absolute Gasteiger partial charge is 0.396 e. The molecule has 2 unspecified atom stereocenters. The summed E-state index contributed by atoms with van der Waals surface area (Å²) in [4.78, 5) is 4.39. The van der Waals surface area contributed by atoms with E-state index in [1.165, 1.54) is 0 Å². The molecule has 2 N–H and O–H groups in total. The third-order valence-electron chi connectivity index (χ3n) is 3.50. The monoisotopic (exact) mass is 266 g/mol. The van der Waals surface area contributed by atoms with Crippen LogP contribution in [0.1, 0.15) is 19.3 Å². The van der Waals surface area contributed by atoms with Crippen molar-refractivity contribution in [2.24, 2.45) is 5.92 Å². The lowest BCUT2D eigenvalue weighted by atomic mass is 10.1. The van der Waals surface area contributed by atoms with Crippen LogP contribution in [0.4, 0.5) is 5.95 Å². The second kappa shape index (κ2) is 4.74. The zero-order chi connectivity index (χ0) is 12.5. The van der Waals surface area contributed by atoms with E-state index in [1.54, 1.807) is 16.8 Å². The number of halogens is 1. The molecule has 2 aromatic heterocycles. The van der Waals surface area contributed by atoms with Gasteiger partial charge in [0.15, 0.2) is 5.65 Å². The molecule has 18 heavy (non-hydrogen) atoms. The first-order valence-corrected chi connectivity index (χ1v) is 6.53. The van der Waals surface area contributed by atoms with Gasteiger partial charge < -0.3 is 10.4 Å². The molecule has 0 amide bonds. The fourth-order valence-corrected chi connectivity index (χ4v) is 2.69. The van der Waals surface area contributed by atoms with Crippen LogP contribution in [-0.2, 0) is 0 Å². The van der Waals surface area contributed by atoms with E-state index in [0.29, 0.717) is 16.9 Å². The summed E-state index contributed by atoms with van der Waals surface area (Å²) in [6, 6.07) is 3.89. The van der Waals surface area contributed by atoms with E-state index in [9.17, 15) is 5.11 Å². The van der Waals surface area contributed by atoms with Gasteiger partial charge in [0.2, 0.25) is 5.95 Å². The smallest absolute Gasteiger partial charge is 0.243 e. The molecule has 2 aromatic rings. The van der Waals surface area contributed by atoms with Crippen molar-refractivity contribution in [2.75, 3.05) is 11.9 Å². The molecule has 0 aliphatic heterocycles. The van der Waals surface area contributed by atoms with Gasteiger partial charge in [0.1, 0.15) is 0 Å². The predicted molar refractivity (Wildman–Crippen MR) is 69.8 cm³/mol. The van der Waals surface area contributed by atoms with Gasteiger partial charge in [-0.3, -0.25) is 0 Å². The van der Waals surface area contributed by atoms with Crippen molar-refractivity contribution in [3.8, 4) is 0 Å². The number of nitrogens with zero attached hydrogens (tertiary/aromatic N) is 3. The van der Waals surface area contributed by atoms with Gasteiger partial charge in [-0.2, -0.15) is 4.98 Å². The van der Waals surface area contributed by atoms with Crippen LogP contribution in [-0.4, -0.2) is 32.4 Å². The summed E-state index contributed by atoms with van der Waals surface area (Å²) in [7, 11) is 0. The third-order valence-corrected chi connectivity index (χ3v) is 3.73. The average Bonchev–Trinajstić information content (AvgIpc) is 2.94. The van der Waals surface area contributed by atoms with Crippen LogP contribution in [0.25, 0.3) is 5.65 Å². The van der Waals surface area contributed by atoms with E-state index in [2.05, 4.69) is 15.4 Å². The summed E-state index contributed by atoms with van der Waals surface area (Å²) < 4.78 is 1.66. The van der Waals surface area contributed by atoms with Crippen LogP contribution in [0, 0.1) is 5.92 Å². The summed E-state index contributed by atoms with van der Waals surface area (Å²) in [6.45, 7) is 0.219. The highest BCUT2D eigenvalue weighted by Crippen LogP contribution is 2.27. The van der Waals surface area contributed by atoms with Crippen molar-refractivity contribution in [3.63, 3.8) is 0 Å². The molecule has 0 spiro atoms. The van der Waals surface area contributed by atoms with Crippen LogP contribution in [0.15, 0.2) is 18.3 Å². The Balaban J connectivity index is 1.82. The number of aliphatic hydroxyl groups excluding tert-OH is 1. The van der Waals surface area contributed by atoms with Gasteiger partial charge in [0, 0.05) is 24.8 Å². The molecular formula is C12H15ClN4O. The lowest BCUT2D eigenvalue weighted by molar-refractivity contribution is 0.222. The summed E-state index contributed by atoms with van der Waals surface area (Å²) in [5.41, 5.74) is 0.764. The average molecular weight is 267 g/mol. The third kappa shape index (κ3) is 2.15. The van der Waals surface area contributed by atoms with Gasteiger partial charge >= 0.3 is 0 Å². The molecule has 0 bridgehead atoms. The zero-order valence-corrected chi connectivity index (χ0v) is 10.6. The molecule has 1 aliphatic rings. The first kappa shape index (κ1) is 11.7. The van der Waals surface area contributed by atoms with Gasteiger partial charge in [-0.05, 0) is 25.0 Å². The maximum Gasteiger partial charge on any atom is 0.243 e. The first-order chi connectivity index (χ1) is 8.76. The molecule has 6 heteroatoms. The predicted octanol–water partition coefficient (Wildman–Crippen LogP) is 1.96. The van der Waals surface area contributed by atoms with E-state index in [0.717, 1.165) is 24.9 Å². The summed E-state index contributed by atoms with van der Waals surface area (Å²) in [5.74, 6) is 0.905. The molecule has 2 heterocycles. The number of rotatable bonds is 3. The molecule has 3 rings (SSSR count). The van der Waals surface area contributed by atoms with Gasteiger partial charge in [0.05, 0.1) is 5.02 Å². The van der Waals surface area contributed by atoms with Crippen molar-refractivity contribution < 1.29 is 5.11 Å². The number of pyridine rings is 1. The molecule has 96 valence electrons. The van der Waals surface area contributed by atoms with Crippen LogP contribution >= 0.6 is 11.6 Å². The summed E-state index contributed by atoms with van der Waals surface area (Å²) in [6.07, 6.45) is 4.99. The van der Waals surface area contributed by atoms with Gasteiger partial charge in [0.25, 0.3) is 0 Å². The first-order valence-electron chi connectivity index (χ1n) is 6.15. The van der Waals surface area contributed by atoms with Crippen molar-refractivity contribution >= 4 is 23.2 Å². The Labute approximate surface area is 110 Å². The second-order valence-electron chi connectivity index (χ2n) is 4.71. The zero-order valence-electron chi connectivity index (χ0n) is 9.88. The molecule has 0 radical (unpaired) electrons. The maximum atomic E-state index is 9.29. The number of aliphatic hydroxyl groups is 1. The molecule has 0 saturated heterocycles. The highest BCUT2D eigenvalue weighted by Gasteiger charge is 2.27.